The molecule has 1 aromatic carbocycles. The Bertz CT molecular complexity index is 1110. The van der Waals surface area contributed by atoms with Crippen molar-refractivity contribution in [3.63, 3.8) is 0 Å². The third-order valence-corrected chi connectivity index (χ3v) is 7.75. The molecular weight excluding hydrogens is 473 g/mol. The van der Waals surface area contributed by atoms with Gasteiger partial charge in [-0.1, -0.05) is 0 Å². The first kappa shape index (κ1) is 24.7. The highest BCUT2D eigenvalue weighted by Gasteiger charge is 2.37. The van der Waals surface area contributed by atoms with Gasteiger partial charge in [0.05, 0.1) is 23.7 Å². The summed E-state index contributed by atoms with van der Waals surface area (Å²) in [6.45, 7) is 1.51. The van der Waals surface area contributed by atoms with Crippen molar-refractivity contribution in [2.75, 3.05) is 25.0 Å². The van der Waals surface area contributed by atoms with Crippen molar-refractivity contribution >= 4 is 28.5 Å². The van der Waals surface area contributed by atoms with Gasteiger partial charge in [-0.2, -0.15) is 13.2 Å². The Kier molecular flexibility index (Phi) is 7.00. The molecule has 1 aliphatic carbocycles. The predicted molar refractivity (Wildman–Crippen MR) is 128 cm³/mol. The topological polar surface area (TPSA) is 99.2 Å². The van der Waals surface area contributed by atoms with E-state index < -0.39 is 11.7 Å². The molecule has 3 heterocycles. The van der Waals surface area contributed by atoms with Crippen LogP contribution in [0.5, 0.6) is 0 Å². The van der Waals surface area contributed by atoms with Crippen LogP contribution in [0.3, 0.4) is 0 Å². The maximum absolute atomic E-state index is 13.1. The van der Waals surface area contributed by atoms with Crippen LogP contribution in [0, 0.1) is 5.92 Å². The van der Waals surface area contributed by atoms with Crippen LogP contribution in [-0.4, -0.2) is 64.4 Å². The Labute approximate surface area is 207 Å². The van der Waals surface area contributed by atoms with Gasteiger partial charge in [0.25, 0.3) is 0 Å². The van der Waals surface area contributed by atoms with E-state index in [2.05, 4.69) is 30.8 Å². The van der Waals surface area contributed by atoms with Crippen LogP contribution in [0.1, 0.15) is 50.5 Å². The number of fused-ring (bicyclic) bond motifs is 1. The maximum Gasteiger partial charge on any atom is 0.416 e. The minimum Gasteiger partial charge on any atom is -0.360 e. The van der Waals surface area contributed by atoms with Crippen LogP contribution in [0.2, 0.25) is 0 Å². The number of halogens is 3. The lowest BCUT2D eigenvalue weighted by atomic mass is 9.78. The Balaban J connectivity index is 1.06. The van der Waals surface area contributed by atoms with Crippen LogP contribution >= 0.6 is 0 Å². The Hall–Kier alpha value is -2.95. The smallest absolute Gasteiger partial charge is 0.360 e. The van der Waals surface area contributed by atoms with Crippen molar-refractivity contribution in [3.05, 3.63) is 30.1 Å². The molecule has 1 aromatic heterocycles. The van der Waals surface area contributed by atoms with Crippen molar-refractivity contribution in [2.45, 2.75) is 69.2 Å². The normalized spacial score (nSPS) is 25.8. The largest absolute Gasteiger partial charge is 0.416 e. The maximum atomic E-state index is 13.1. The molecule has 2 aliphatic heterocycles. The molecule has 5 rings (SSSR count). The van der Waals surface area contributed by atoms with Crippen molar-refractivity contribution < 1.29 is 22.8 Å². The number of piperidine rings is 1. The summed E-state index contributed by atoms with van der Waals surface area (Å²) in [6, 6.07) is 4.18. The highest BCUT2D eigenvalue weighted by molar-refractivity contribution is 5.91. The summed E-state index contributed by atoms with van der Waals surface area (Å²) in [7, 11) is 0. The number of anilines is 1. The van der Waals surface area contributed by atoms with Gasteiger partial charge in [0, 0.05) is 37.0 Å². The van der Waals surface area contributed by atoms with Crippen LogP contribution < -0.4 is 16.0 Å². The Morgan fingerprint density at radius 2 is 1.89 bits per heavy atom. The van der Waals surface area contributed by atoms with Gasteiger partial charge < -0.3 is 16.0 Å². The predicted octanol–water partition coefficient (Wildman–Crippen LogP) is 3.09. The number of benzene rings is 1. The summed E-state index contributed by atoms with van der Waals surface area (Å²) >= 11 is 0. The number of nitrogens with zero attached hydrogens (tertiary/aromatic N) is 3. The zero-order valence-corrected chi connectivity index (χ0v) is 20.0. The van der Waals surface area contributed by atoms with Crippen molar-refractivity contribution in [3.8, 4) is 0 Å². The van der Waals surface area contributed by atoms with Crippen LogP contribution in [-0.2, 0) is 15.8 Å². The molecule has 36 heavy (non-hydrogen) atoms. The first-order chi connectivity index (χ1) is 17.3. The van der Waals surface area contributed by atoms with Crippen LogP contribution in [0.15, 0.2) is 24.5 Å². The van der Waals surface area contributed by atoms with Crippen molar-refractivity contribution in [2.24, 2.45) is 5.92 Å². The number of amides is 2. The van der Waals surface area contributed by atoms with E-state index >= 15 is 0 Å². The van der Waals surface area contributed by atoms with E-state index in [-0.39, 0.29) is 35.6 Å². The molecule has 2 saturated heterocycles. The molecule has 1 unspecified atom stereocenters. The zero-order valence-electron chi connectivity index (χ0n) is 20.0. The number of hydrogen-bond acceptors (Lipinski definition) is 6. The SMILES string of the molecule is O=C(CNc1ncnc2ccc(C(F)(F)F)cc12)NC1CN([C@H]2CC[C@H](C3CCCC(=O)N3)CC2)C1. The molecule has 2 aromatic rings. The van der Waals surface area contributed by atoms with E-state index in [0.29, 0.717) is 29.9 Å². The monoisotopic (exact) mass is 504 g/mol. The lowest BCUT2D eigenvalue weighted by molar-refractivity contribution is -0.137. The van der Waals surface area contributed by atoms with Gasteiger partial charge in [-0.3, -0.25) is 14.5 Å². The third-order valence-electron chi connectivity index (χ3n) is 7.75. The number of carbonyl (C=O) groups excluding carboxylic acids is 2. The van der Waals surface area contributed by atoms with Gasteiger partial charge in [0.2, 0.25) is 11.8 Å². The number of aromatic nitrogens is 2. The summed E-state index contributed by atoms with van der Waals surface area (Å²) < 4.78 is 39.3. The minimum absolute atomic E-state index is 0.0635. The van der Waals surface area contributed by atoms with Crippen LogP contribution in [0.4, 0.5) is 19.0 Å². The van der Waals surface area contributed by atoms with Crippen molar-refractivity contribution in [1.82, 2.24) is 25.5 Å². The van der Waals surface area contributed by atoms with Gasteiger partial charge in [0.1, 0.15) is 12.1 Å². The number of nitrogens with one attached hydrogen (secondary N) is 3. The average Bonchev–Trinajstić information content (AvgIpc) is 2.84. The van der Waals surface area contributed by atoms with E-state index in [9.17, 15) is 22.8 Å². The first-order valence-electron chi connectivity index (χ1n) is 12.6. The number of hydrogen-bond donors (Lipinski definition) is 3. The lowest BCUT2D eigenvalue weighted by Gasteiger charge is -2.47. The van der Waals surface area contributed by atoms with Crippen LogP contribution in [0.25, 0.3) is 10.9 Å². The molecule has 11 heteroatoms. The minimum atomic E-state index is -4.47. The van der Waals surface area contributed by atoms with E-state index in [0.717, 1.165) is 63.7 Å². The molecule has 194 valence electrons. The number of likely N-dealkylation sites (tertiary alicyclic amines) is 1. The second-order valence-electron chi connectivity index (χ2n) is 10.2. The zero-order chi connectivity index (χ0) is 25.3. The fourth-order valence-corrected chi connectivity index (χ4v) is 5.77. The van der Waals surface area contributed by atoms with E-state index in [4.69, 9.17) is 0 Å². The highest BCUT2D eigenvalue weighted by atomic mass is 19.4. The summed E-state index contributed by atoms with van der Waals surface area (Å²) in [6.07, 6.45) is 3.97. The van der Waals surface area contributed by atoms with Gasteiger partial charge >= 0.3 is 6.18 Å². The third kappa shape index (κ3) is 5.55. The molecule has 1 saturated carbocycles. The summed E-state index contributed by atoms with van der Waals surface area (Å²) in [5, 5.41) is 9.24. The molecule has 0 spiro atoms. The molecular formula is C25H31F3N6O2. The highest BCUT2D eigenvalue weighted by Crippen LogP contribution is 2.34. The van der Waals surface area contributed by atoms with E-state index in [1.54, 1.807) is 0 Å². The fraction of sp³-hybridized carbons (Fsp3) is 0.600. The van der Waals surface area contributed by atoms with Crippen molar-refractivity contribution in [1.29, 1.82) is 0 Å². The molecule has 2 amide bonds. The number of rotatable bonds is 6. The van der Waals surface area contributed by atoms with Gasteiger partial charge in [0.15, 0.2) is 0 Å². The average molecular weight is 505 g/mol. The fourth-order valence-electron chi connectivity index (χ4n) is 5.77. The summed E-state index contributed by atoms with van der Waals surface area (Å²) in [5.41, 5.74) is -0.416. The number of carbonyl (C=O) groups is 2. The second kappa shape index (κ2) is 10.2. The van der Waals surface area contributed by atoms with E-state index in [1.165, 1.54) is 12.4 Å². The van der Waals surface area contributed by atoms with Gasteiger partial charge in [-0.15, -0.1) is 0 Å². The first-order valence-corrected chi connectivity index (χ1v) is 12.6. The molecule has 3 fully saturated rings. The summed E-state index contributed by atoms with van der Waals surface area (Å²) in [4.78, 5) is 34.6. The molecule has 0 bridgehead atoms. The number of alkyl halides is 3. The molecule has 1 atom stereocenters. The molecule has 3 aliphatic rings. The van der Waals surface area contributed by atoms with Gasteiger partial charge in [-0.05, 0) is 62.6 Å². The second-order valence-corrected chi connectivity index (χ2v) is 10.2. The standard InChI is InChI=1S/C25H31F3N6O2/c26-25(27,28)16-6-9-21-19(10-16)24(31-14-30-21)29-11-23(36)32-17-12-34(13-17)18-7-4-15(5-8-18)20-2-1-3-22(35)33-20/h6,9-10,14-15,17-18,20H,1-5,7-8,11-13H2,(H,32,36)(H,33,35)(H,29,30,31)/t15-,18-,20?. The summed E-state index contributed by atoms with van der Waals surface area (Å²) in [5.74, 6) is 0.721. The molecule has 0 radical (unpaired) electrons. The molecule has 3 N–H and O–H groups in total. The quantitative estimate of drug-likeness (QED) is 0.559. The molecule has 8 nitrogen and oxygen atoms in total. The Morgan fingerprint density at radius 1 is 1.11 bits per heavy atom. The van der Waals surface area contributed by atoms with E-state index in [1.807, 2.05) is 0 Å². The Morgan fingerprint density at radius 3 is 2.61 bits per heavy atom. The lowest BCUT2D eigenvalue weighted by Crippen LogP contribution is -2.63. The van der Waals surface area contributed by atoms with Gasteiger partial charge in [-0.25, -0.2) is 9.97 Å².